The van der Waals surface area contributed by atoms with Gasteiger partial charge in [-0.3, -0.25) is 19.2 Å². The van der Waals surface area contributed by atoms with Crippen LogP contribution in [0.4, 0.5) is 5.69 Å². The largest absolute Gasteiger partial charge is 0.493 e. The van der Waals surface area contributed by atoms with Crippen LogP contribution in [0.5, 0.6) is 17.2 Å². The van der Waals surface area contributed by atoms with Gasteiger partial charge in [0, 0.05) is 25.5 Å². The fourth-order valence-corrected chi connectivity index (χ4v) is 5.66. The van der Waals surface area contributed by atoms with Gasteiger partial charge in [0.15, 0.2) is 11.5 Å². The second-order valence-corrected chi connectivity index (χ2v) is 11.0. The molecule has 3 rings (SSSR count). The highest BCUT2D eigenvalue weighted by molar-refractivity contribution is 7.98. The lowest BCUT2D eigenvalue weighted by Gasteiger charge is -2.19. The third-order valence-corrected chi connectivity index (χ3v) is 7.90. The second kappa shape index (κ2) is 16.1. The average Bonchev–Trinajstić information content (AvgIpc) is 3.24. The molecular formula is C31H41N3O8S. The van der Waals surface area contributed by atoms with Gasteiger partial charge in [0.1, 0.15) is 6.04 Å². The molecule has 0 fully saturated rings. The first-order chi connectivity index (χ1) is 20.7. The van der Waals surface area contributed by atoms with Crippen LogP contribution in [0.25, 0.3) is 11.1 Å². The molecule has 0 spiro atoms. The van der Waals surface area contributed by atoms with Crippen molar-refractivity contribution >= 4 is 35.2 Å². The van der Waals surface area contributed by atoms with Gasteiger partial charge in [-0.25, -0.2) is 0 Å². The molecule has 0 saturated heterocycles. The molecule has 1 aliphatic carbocycles. The standard InChI is InChI=1S/C31H41N3O8S/c1-18(35)33-22-11-9-19-16-26(39-2)29(41-4)30(42-5)28(19)20-10-12-23(25(36)17-21(20)22)34-24(13-15-43-6)31(38)32-14-7-8-27(37)40-3/h10,12,16-17,22,24H,7-9,11,13-15H2,1-6H3,(H,32,38)(H,33,35)(H,34,36)/t22-,24-/m1/s1. The number of rotatable bonds is 14. The number of benzene rings is 1. The number of hydrogen-bond donors (Lipinski definition) is 3. The third-order valence-electron chi connectivity index (χ3n) is 7.26. The van der Waals surface area contributed by atoms with E-state index in [0.717, 1.165) is 11.1 Å². The predicted octanol–water partition coefficient (Wildman–Crippen LogP) is 3.47. The van der Waals surface area contributed by atoms with Crippen LogP contribution >= 0.6 is 11.8 Å². The maximum absolute atomic E-state index is 13.7. The maximum Gasteiger partial charge on any atom is 0.305 e. The summed E-state index contributed by atoms with van der Waals surface area (Å²) in [6.45, 7) is 1.74. The van der Waals surface area contributed by atoms with E-state index in [4.69, 9.17) is 14.2 Å². The van der Waals surface area contributed by atoms with Gasteiger partial charge in [-0.2, -0.15) is 11.8 Å². The van der Waals surface area contributed by atoms with Crippen molar-refractivity contribution in [1.82, 2.24) is 10.6 Å². The molecule has 0 aliphatic heterocycles. The Kier molecular flexibility index (Phi) is 12.5. The maximum atomic E-state index is 13.7. The highest BCUT2D eigenvalue weighted by Crippen LogP contribution is 2.50. The van der Waals surface area contributed by atoms with Crippen LogP contribution in [0.15, 0.2) is 29.1 Å². The Hall–Kier alpha value is -3.93. The molecule has 0 bridgehead atoms. The van der Waals surface area contributed by atoms with E-state index in [-0.39, 0.29) is 35.3 Å². The first-order valence-electron chi connectivity index (χ1n) is 14.1. The van der Waals surface area contributed by atoms with Crippen LogP contribution in [0, 0.1) is 0 Å². The van der Waals surface area contributed by atoms with E-state index in [1.807, 2.05) is 18.4 Å². The molecule has 2 atom stereocenters. The summed E-state index contributed by atoms with van der Waals surface area (Å²) in [6.07, 6.45) is 4.18. The SMILES string of the molecule is COC(=O)CCCNC(=O)[C@@H](CCSC)Nc1ccc2c(cc1=O)[C@H](NC(C)=O)CCc1cc(OC)c(OC)c(OC)c1-2. The summed E-state index contributed by atoms with van der Waals surface area (Å²) in [5.74, 6) is 1.24. The van der Waals surface area contributed by atoms with Crippen molar-refractivity contribution in [2.45, 2.75) is 51.1 Å². The fraction of sp³-hybridized carbons (Fsp3) is 0.484. The van der Waals surface area contributed by atoms with E-state index in [2.05, 4.69) is 20.7 Å². The molecule has 0 saturated carbocycles. The number of methoxy groups -OCH3 is 4. The lowest BCUT2D eigenvalue weighted by Crippen LogP contribution is -2.41. The molecule has 0 heterocycles. The van der Waals surface area contributed by atoms with Crippen LogP contribution < -0.4 is 35.6 Å². The minimum atomic E-state index is -0.683. The zero-order chi connectivity index (χ0) is 31.5. The van der Waals surface area contributed by atoms with E-state index in [0.29, 0.717) is 66.4 Å². The minimum absolute atomic E-state index is 0.196. The van der Waals surface area contributed by atoms with Crippen LogP contribution in [0.2, 0.25) is 0 Å². The number of hydrogen-bond acceptors (Lipinski definition) is 10. The van der Waals surface area contributed by atoms with E-state index in [9.17, 15) is 19.2 Å². The Balaban J connectivity index is 2.09. The topological polar surface area (TPSA) is 141 Å². The summed E-state index contributed by atoms with van der Waals surface area (Å²) >= 11 is 1.59. The van der Waals surface area contributed by atoms with E-state index >= 15 is 0 Å². The number of ether oxygens (including phenoxy) is 4. The molecule has 12 heteroatoms. The Labute approximate surface area is 256 Å². The second-order valence-electron chi connectivity index (χ2n) is 10.0. The number of carbonyl (C=O) groups excluding carboxylic acids is 3. The van der Waals surface area contributed by atoms with E-state index < -0.39 is 12.1 Å². The predicted molar refractivity (Wildman–Crippen MR) is 167 cm³/mol. The highest BCUT2D eigenvalue weighted by atomic mass is 32.2. The molecule has 2 aromatic carbocycles. The van der Waals surface area contributed by atoms with Crippen LogP contribution in [0.3, 0.4) is 0 Å². The summed E-state index contributed by atoms with van der Waals surface area (Å²) in [4.78, 5) is 50.4. The number of aryl methyl sites for hydroxylation is 1. The van der Waals surface area contributed by atoms with Gasteiger partial charge in [0.25, 0.3) is 0 Å². The third kappa shape index (κ3) is 8.34. The summed E-state index contributed by atoms with van der Waals surface area (Å²) in [6, 6.07) is 5.76. The Morgan fingerprint density at radius 3 is 2.42 bits per heavy atom. The number of nitrogens with one attached hydrogen (secondary N) is 3. The molecule has 0 unspecified atom stereocenters. The lowest BCUT2D eigenvalue weighted by atomic mass is 9.95. The molecule has 2 amide bonds. The van der Waals surface area contributed by atoms with Gasteiger partial charge < -0.3 is 34.9 Å². The van der Waals surface area contributed by atoms with Crippen molar-refractivity contribution in [3.63, 3.8) is 0 Å². The highest BCUT2D eigenvalue weighted by Gasteiger charge is 2.30. The van der Waals surface area contributed by atoms with E-state index in [1.165, 1.54) is 27.2 Å². The number of carbonyl (C=O) groups is 3. The fourth-order valence-electron chi connectivity index (χ4n) is 5.19. The summed E-state index contributed by atoms with van der Waals surface area (Å²) in [5.41, 5.74) is 2.90. The Bertz CT molecular complexity index is 1380. The molecule has 43 heavy (non-hydrogen) atoms. The van der Waals surface area contributed by atoms with Crippen molar-refractivity contribution < 1.29 is 33.3 Å². The first kappa shape index (κ1) is 33.6. The van der Waals surface area contributed by atoms with Gasteiger partial charge in [-0.15, -0.1) is 0 Å². The number of thioether (sulfide) groups is 1. The number of anilines is 1. The van der Waals surface area contributed by atoms with E-state index in [1.54, 1.807) is 32.0 Å². The van der Waals surface area contributed by atoms with Gasteiger partial charge >= 0.3 is 5.97 Å². The van der Waals surface area contributed by atoms with Gasteiger partial charge in [-0.1, -0.05) is 6.07 Å². The van der Waals surface area contributed by atoms with Gasteiger partial charge in [0.2, 0.25) is 23.0 Å². The Morgan fingerprint density at radius 2 is 1.79 bits per heavy atom. The van der Waals surface area contributed by atoms with Crippen molar-refractivity contribution in [2.75, 3.05) is 52.3 Å². The average molecular weight is 616 g/mol. The molecule has 0 aromatic heterocycles. The van der Waals surface area contributed by atoms with Crippen LogP contribution in [-0.4, -0.2) is 70.8 Å². The Morgan fingerprint density at radius 1 is 1.05 bits per heavy atom. The normalized spacial score (nSPS) is 14.2. The van der Waals surface area contributed by atoms with Gasteiger partial charge in [-0.05, 0) is 72.6 Å². The summed E-state index contributed by atoms with van der Waals surface area (Å²) in [5, 5.41) is 9.00. The van der Waals surface area contributed by atoms with Crippen molar-refractivity contribution in [3.05, 3.63) is 45.6 Å². The molecule has 1 aliphatic rings. The van der Waals surface area contributed by atoms with Crippen molar-refractivity contribution in [3.8, 4) is 28.4 Å². The number of amides is 2. The first-order valence-corrected chi connectivity index (χ1v) is 15.5. The zero-order valence-electron chi connectivity index (χ0n) is 25.6. The molecule has 234 valence electrons. The summed E-state index contributed by atoms with van der Waals surface area (Å²) in [7, 11) is 5.95. The van der Waals surface area contributed by atoms with Gasteiger partial charge in [0.05, 0.1) is 40.2 Å². The minimum Gasteiger partial charge on any atom is -0.493 e. The zero-order valence-corrected chi connectivity index (χ0v) is 26.4. The number of fused-ring (bicyclic) bond motifs is 3. The molecule has 2 aromatic rings. The smallest absolute Gasteiger partial charge is 0.305 e. The molecule has 3 N–H and O–H groups in total. The van der Waals surface area contributed by atoms with Crippen molar-refractivity contribution in [1.29, 1.82) is 0 Å². The number of esters is 1. The molecule has 11 nitrogen and oxygen atoms in total. The van der Waals surface area contributed by atoms with Crippen LogP contribution in [-0.2, 0) is 25.5 Å². The summed E-state index contributed by atoms with van der Waals surface area (Å²) < 4.78 is 21.7. The van der Waals surface area contributed by atoms with Crippen molar-refractivity contribution in [2.24, 2.45) is 0 Å². The lowest BCUT2D eigenvalue weighted by molar-refractivity contribution is -0.140. The molecular weight excluding hydrogens is 574 g/mol. The monoisotopic (exact) mass is 615 g/mol. The quantitative estimate of drug-likeness (QED) is 0.214. The van der Waals surface area contributed by atoms with Crippen LogP contribution in [0.1, 0.15) is 49.8 Å². The molecule has 0 radical (unpaired) electrons.